The number of fused-ring (bicyclic) bond motifs is 4. The minimum Gasteiger partial charge on any atom is -0.493 e. The van der Waals surface area contributed by atoms with E-state index in [1.807, 2.05) is 82.3 Å². The van der Waals surface area contributed by atoms with Gasteiger partial charge in [0.15, 0.2) is 11.5 Å². The highest BCUT2D eigenvalue weighted by atomic mass is 16.5. The molecule has 0 unspecified atom stereocenters. The predicted molar refractivity (Wildman–Crippen MR) is 140 cm³/mol. The van der Waals surface area contributed by atoms with Gasteiger partial charge < -0.3 is 20.1 Å². The molecule has 0 aliphatic carbocycles. The number of aryl methyl sites for hydroxylation is 4. The second kappa shape index (κ2) is 8.59. The Hall–Kier alpha value is -4.00. The molecule has 1 fully saturated rings. The number of amides is 3. The van der Waals surface area contributed by atoms with E-state index in [1.165, 1.54) is 0 Å². The normalized spacial score (nSPS) is 22.3. The first kappa shape index (κ1) is 23.7. The van der Waals surface area contributed by atoms with Gasteiger partial charge in [-0.25, -0.2) is 4.79 Å². The number of hydrogen-bond donors (Lipinski definition) is 2. The fourth-order valence-corrected chi connectivity index (χ4v) is 5.35. The van der Waals surface area contributed by atoms with Crippen LogP contribution in [0.5, 0.6) is 11.5 Å². The monoisotopic (exact) mass is 485 g/mol. The Labute approximate surface area is 211 Å². The van der Waals surface area contributed by atoms with E-state index in [0.29, 0.717) is 22.7 Å². The standard InChI is InChI=1S/C29H31N3O4/c1-16-10-13-22(19(4)14-16)30-27(33)24-25-21-8-7-9-23(35-6)26(21)36-29(24,5)32(28(34)31-25)20-12-11-17(2)18(3)15-20/h7-15,24-25H,1-6H3,(H,30,33)(H,31,34)/t24-,25-,29-/m1/s1. The maximum Gasteiger partial charge on any atom is 0.325 e. The van der Waals surface area contributed by atoms with Crippen LogP contribution in [-0.4, -0.2) is 24.8 Å². The van der Waals surface area contributed by atoms with Gasteiger partial charge in [-0.1, -0.05) is 35.9 Å². The fourth-order valence-electron chi connectivity index (χ4n) is 5.35. The topological polar surface area (TPSA) is 79.9 Å². The number of urea groups is 1. The van der Waals surface area contributed by atoms with Crippen molar-refractivity contribution in [2.24, 2.45) is 5.92 Å². The van der Waals surface area contributed by atoms with E-state index in [0.717, 1.165) is 27.9 Å². The number of nitrogens with zero attached hydrogens (tertiary/aromatic N) is 1. The zero-order chi connectivity index (χ0) is 25.8. The molecule has 0 aromatic heterocycles. The Bertz CT molecular complexity index is 1380. The van der Waals surface area contributed by atoms with E-state index in [4.69, 9.17) is 9.47 Å². The maximum absolute atomic E-state index is 14.0. The molecular formula is C29H31N3O4. The fraction of sp³-hybridized carbons (Fsp3) is 0.310. The number of para-hydroxylation sites is 1. The van der Waals surface area contributed by atoms with Crippen LogP contribution in [0.1, 0.15) is 40.8 Å². The first-order valence-corrected chi connectivity index (χ1v) is 12.1. The molecule has 2 aliphatic rings. The molecular weight excluding hydrogens is 454 g/mol. The first-order chi connectivity index (χ1) is 17.1. The quantitative estimate of drug-likeness (QED) is 0.507. The van der Waals surface area contributed by atoms with E-state index >= 15 is 0 Å². The molecule has 0 saturated carbocycles. The zero-order valence-electron chi connectivity index (χ0n) is 21.4. The number of methoxy groups -OCH3 is 1. The third-order valence-electron chi connectivity index (χ3n) is 7.38. The summed E-state index contributed by atoms with van der Waals surface area (Å²) in [4.78, 5) is 29.1. The van der Waals surface area contributed by atoms with Gasteiger partial charge >= 0.3 is 6.03 Å². The SMILES string of the molecule is COc1cccc2c1O[C@]1(C)[C@@H](C(=O)Nc3ccc(C)cc3C)[C@@H]2NC(=O)N1c1ccc(C)c(C)c1. The van der Waals surface area contributed by atoms with Gasteiger partial charge in [0.2, 0.25) is 11.6 Å². The van der Waals surface area contributed by atoms with E-state index in [9.17, 15) is 9.59 Å². The van der Waals surface area contributed by atoms with Crippen molar-refractivity contribution in [1.82, 2.24) is 5.32 Å². The number of anilines is 2. The molecule has 7 nitrogen and oxygen atoms in total. The minimum absolute atomic E-state index is 0.239. The van der Waals surface area contributed by atoms with Crippen molar-refractivity contribution < 1.29 is 19.1 Å². The van der Waals surface area contributed by atoms with Gasteiger partial charge in [-0.3, -0.25) is 9.69 Å². The summed E-state index contributed by atoms with van der Waals surface area (Å²) in [6, 6.07) is 16.3. The van der Waals surface area contributed by atoms with Crippen LogP contribution in [0.25, 0.3) is 0 Å². The summed E-state index contributed by atoms with van der Waals surface area (Å²) in [6.07, 6.45) is 0. The van der Waals surface area contributed by atoms with Crippen LogP contribution in [0.4, 0.5) is 16.2 Å². The smallest absolute Gasteiger partial charge is 0.325 e. The van der Waals surface area contributed by atoms with Crippen LogP contribution >= 0.6 is 0 Å². The molecule has 3 aromatic rings. The first-order valence-electron chi connectivity index (χ1n) is 12.1. The second-order valence-corrected chi connectivity index (χ2v) is 9.85. The number of carbonyl (C=O) groups is 2. The molecule has 0 radical (unpaired) electrons. The molecule has 3 amide bonds. The maximum atomic E-state index is 14.0. The van der Waals surface area contributed by atoms with Crippen LogP contribution in [0.15, 0.2) is 54.6 Å². The van der Waals surface area contributed by atoms with Gasteiger partial charge in [0, 0.05) is 16.9 Å². The molecule has 1 saturated heterocycles. The summed E-state index contributed by atoms with van der Waals surface area (Å²) in [5.74, 6) is 0.0823. The molecule has 2 bridgehead atoms. The summed E-state index contributed by atoms with van der Waals surface area (Å²) >= 11 is 0. The Balaban J connectivity index is 1.66. The number of nitrogens with one attached hydrogen (secondary N) is 2. The average Bonchev–Trinajstić information content (AvgIpc) is 2.82. The van der Waals surface area contributed by atoms with Crippen molar-refractivity contribution >= 4 is 23.3 Å². The summed E-state index contributed by atoms with van der Waals surface area (Å²) in [6.45, 7) is 9.80. The molecule has 2 aliphatic heterocycles. The highest BCUT2D eigenvalue weighted by Crippen LogP contribution is 2.52. The van der Waals surface area contributed by atoms with Gasteiger partial charge in [-0.2, -0.15) is 0 Å². The van der Waals surface area contributed by atoms with Crippen LogP contribution in [0.3, 0.4) is 0 Å². The van der Waals surface area contributed by atoms with E-state index < -0.39 is 17.7 Å². The Morgan fingerprint density at radius 3 is 2.50 bits per heavy atom. The number of hydrogen-bond acceptors (Lipinski definition) is 4. The van der Waals surface area contributed by atoms with Crippen molar-refractivity contribution in [2.75, 3.05) is 17.3 Å². The largest absolute Gasteiger partial charge is 0.493 e. The number of benzene rings is 3. The van der Waals surface area contributed by atoms with Crippen molar-refractivity contribution in [3.8, 4) is 11.5 Å². The molecule has 0 spiro atoms. The average molecular weight is 486 g/mol. The molecule has 186 valence electrons. The Morgan fingerprint density at radius 2 is 1.81 bits per heavy atom. The van der Waals surface area contributed by atoms with Crippen LogP contribution in [0.2, 0.25) is 0 Å². The molecule has 7 heteroatoms. The van der Waals surface area contributed by atoms with E-state index in [-0.39, 0.29) is 11.9 Å². The Kier molecular flexibility index (Phi) is 5.66. The molecule has 2 N–H and O–H groups in total. The third-order valence-corrected chi connectivity index (χ3v) is 7.38. The van der Waals surface area contributed by atoms with Crippen molar-refractivity contribution in [1.29, 1.82) is 0 Å². The zero-order valence-corrected chi connectivity index (χ0v) is 21.4. The van der Waals surface area contributed by atoms with Crippen LogP contribution in [-0.2, 0) is 4.79 Å². The highest BCUT2D eigenvalue weighted by molar-refractivity contribution is 6.02. The molecule has 2 heterocycles. The number of carbonyl (C=O) groups excluding carboxylic acids is 2. The summed E-state index contributed by atoms with van der Waals surface area (Å²) < 4.78 is 12.2. The molecule has 5 rings (SSSR count). The van der Waals surface area contributed by atoms with Gasteiger partial charge in [-0.15, -0.1) is 0 Å². The predicted octanol–water partition coefficient (Wildman–Crippen LogP) is 5.56. The van der Waals surface area contributed by atoms with Gasteiger partial charge in [0.05, 0.1) is 13.2 Å². The number of rotatable bonds is 4. The lowest BCUT2D eigenvalue weighted by atomic mass is 9.78. The van der Waals surface area contributed by atoms with Crippen molar-refractivity contribution in [3.63, 3.8) is 0 Å². The summed E-state index contributed by atoms with van der Waals surface area (Å²) in [5.41, 5.74) is 5.00. The van der Waals surface area contributed by atoms with Crippen LogP contribution in [0, 0.1) is 33.6 Å². The minimum atomic E-state index is -1.32. The van der Waals surface area contributed by atoms with E-state index in [1.54, 1.807) is 18.9 Å². The lowest BCUT2D eigenvalue weighted by molar-refractivity contribution is -0.131. The van der Waals surface area contributed by atoms with Crippen molar-refractivity contribution in [2.45, 2.75) is 46.4 Å². The summed E-state index contributed by atoms with van der Waals surface area (Å²) in [5, 5.41) is 6.19. The lowest BCUT2D eigenvalue weighted by Gasteiger charge is -2.54. The number of ether oxygens (including phenoxy) is 2. The molecule has 3 atom stereocenters. The van der Waals surface area contributed by atoms with Crippen LogP contribution < -0.4 is 25.0 Å². The summed E-state index contributed by atoms with van der Waals surface area (Å²) in [7, 11) is 1.58. The highest BCUT2D eigenvalue weighted by Gasteiger charge is 2.60. The van der Waals surface area contributed by atoms with Gasteiger partial charge in [0.1, 0.15) is 5.92 Å². The van der Waals surface area contributed by atoms with Crippen molar-refractivity contribution in [3.05, 3.63) is 82.4 Å². The lowest BCUT2D eigenvalue weighted by Crippen LogP contribution is -2.72. The van der Waals surface area contributed by atoms with E-state index in [2.05, 4.69) is 10.6 Å². The molecule has 3 aromatic carbocycles. The molecule has 36 heavy (non-hydrogen) atoms. The Morgan fingerprint density at radius 1 is 1.03 bits per heavy atom. The van der Waals surface area contributed by atoms with Gasteiger partial charge in [-0.05, 0) is 75.6 Å². The second-order valence-electron chi connectivity index (χ2n) is 9.85. The van der Waals surface area contributed by atoms with Gasteiger partial charge in [0.25, 0.3) is 0 Å². The third kappa shape index (κ3) is 3.66.